The van der Waals surface area contributed by atoms with E-state index in [1.54, 1.807) is 6.07 Å². The second kappa shape index (κ2) is 5.23. The number of primary amides is 1. The van der Waals surface area contributed by atoms with E-state index in [1.807, 2.05) is 6.92 Å². The molecule has 6 heteroatoms. The van der Waals surface area contributed by atoms with E-state index >= 15 is 0 Å². The molecule has 0 saturated carbocycles. The Morgan fingerprint density at radius 2 is 2.05 bits per heavy atom. The number of H-pyrrole nitrogens is 1. The quantitative estimate of drug-likeness (QED) is 0.913. The molecule has 1 aromatic carbocycles. The van der Waals surface area contributed by atoms with Gasteiger partial charge in [0.15, 0.2) is 5.43 Å². The lowest BCUT2D eigenvalue weighted by molar-refractivity contribution is -0.117. The highest BCUT2D eigenvalue weighted by Crippen LogP contribution is 2.25. The summed E-state index contributed by atoms with van der Waals surface area (Å²) in [5, 5.41) is 1.10. The number of aromatic nitrogens is 1. The standard InChI is InChI=1S/C13H12Cl2N2O2/c1-2-7-9(5-11(16)18)17-10-4-6(14)3-8(15)12(10)13(7)19/h3-4H,2,5H2,1H3,(H2,16,18)(H,17,19). The van der Waals surface area contributed by atoms with Gasteiger partial charge in [-0.1, -0.05) is 30.1 Å². The number of carbonyl (C=O) groups excluding carboxylic acids is 1. The zero-order chi connectivity index (χ0) is 14.2. The van der Waals surface area contributed by atoms with Crippen molar-refractivity contribution in [3.63, 3.8) is 0 Å². The van der Waals surface area contributed by atoms with Crippen molar-refractivity contribution in [2.24, 2.45) is 5.73 Å². The van der Waals surface area contributed by atoms with Gasteiger partial charge in [-0.3, -0.25) is 9.59 Å². The van der Waals surface area contributed by atoms with Crippen molar-refractivity contribution < 1.29 is 4.79 Å². The lowest BCUT2D eigenvalue weighted by Crippen LogP contribution is -2.21. The number of aromatic amines is 1. The Hall–Kier alpha value is -1.52. The molecule has 0 unspecified atom stereocenters. The summed E-state index contributed by atoms with van der Waals surface area (Å²) in [6.07, 6.45) is 0.478. The number of rotatable bonds is 3. The van der Waals surface area contributed by atoms with Crippen LogP contribution in [-0.2, 0) is 17.6 Å². The Kier molecular flexibility index (Phi) is 3.83. The number of benzene rings is 1. The molecule has 2 rings (SSSR count). The minimum absolute atomic E-state index is 0.0154. The fourth-order valence-corrected chi connectivity index (χ4v) is 2.71. The van der Waals surface area contributed by atoms with Crippen LogP contribution in [0.1, 0.15) is 18.2 Å². The van der Waals surface area contributed by atoms with Gasteiger partial charge in [0.05, 0.1) is 22.3 Å². The number of amides is 1. The molecule has 0 aliphatic carbocycles. The van der Waals surface area contributed by atoms with Crippen LogP contribution in [0.5, 0.6) is 0 Å². The molecule has 100 valence electrons. The van der Waals surface area contributed by atoms with Gasteiger partial charge in [0.25, 0.3) is 0 Å². The van der Waals surface area contributed by atoms with Gasteiger partial charge >= 0.3 is 0 Å². The molecule has 0 bridgehead atoms. The first-order valence-corrected chi connectivity index (χ1v) is 6.50. The van der Waals surface area contributed by atoms with Crippen LogP contribution in [0.15, 0.2) is 16.9 Å². The number of carbonyl (C=O) groups is 1. The number of hydrogen-bond acceptors (Lipinski definition) is 2. The monoisotopic (exact) mass is 298 g/mol. The normalized spacial score (nSPS) is 10.9. The molecule has 0 atom stereocenters. The Balaban J connectivity index is 2.85. The summed E-state index contributed by atoms with van der Waals surface area (Å²) in [4.78, 5) is 26.5. The maximum absolute atomic E-state index is 12.4. The summed E-state index contributed by atoms with van der Waals surface area (Å²) < 4.78 is 0. The average molecular weight is 299 g/mol. The minimum Gasteiger partial charge on any atom is -0.369 e. The zero-order valence-electron chi connectivity index (χ0n) is 10.2. The summed E-state index contributed by atoms with van der Waals surface area (Å²) in [6.45, 7) is 1.84. The largest absolute Gasteiger partial charge is 0.369 e. The van der Waals surface area contributed by atoms with Gasteiger partial charge < -0.3 is 10.7 Å². The molecule has 1 aromatic heterocycles. The van der Waals surface area contributed by atoms with E-state index in [-0.39, 0.29) is 11.8 Å². The fraction of sp³-hybridized carbons (Fsp3) is 0.231. The molecule has 0 aliphatic rings. The van der Waals surface area contributed by atoms with Crippen LogP contribution in [0.4, 0.5) is 0 Å². The van der Waals surface area contributed by atoms with Gasteiger partial charge in [-0.2, -0.15) is 0 Å². The van der Waals surface area contributed by atoms with Crippen LogP contribution in [0.2, 0.25) is 10.0 Å². The number of hydrogen-bond donors (Lipinski definition) is 2. The second-order valence-electron chi connectivity index (χ2n) is 4.22. The fourth-order valence-electron chi connectivity index (χ4n) is 2.13. The van der Waals surface area contributed by atoms with Crippen molar-refractivity contribution in [1.82, 2.24) is 4.98 Å². The van der Waals surface area contributed by atoms with Crippen LogP contribution < -0.4 is 11.2 Å². The molecule has 19 heavy (non-hydrogen) atoms. The Morgan fingerprint density at radius 1 is 1.37 bits per heavy atom. The molecule has 0 radical (unpaired) electrons. The first kappa shape index (κ1) is 13.9. The molecule has 0 spiro atoms. The lowest BCUT2D eigenvalue weighted by atomic mass is 10.0. The van der Waals surface area contributed by atoms with Crippen LogP contribution in [0.25, 0.3) is 10.9 Å². The van der Waals surface area contributed by atoms with E-state index in [4.69, 9.17) is 28.9 Å². The van der Waals surface area contributed by atoms with E-state index in [0.29, 0.717) is 38.6 Å². The zero-order valence-corrected chi connectivity index (χ0v) is 11.7. The maximum atomic E-state index is 12.4. The summed E-state index contributed by atoms with van der Waals surface area (Å²) in [6, 6.07) is 3.13. The Bertz CT molecular complexity index is 723. The number of nitrogens with one attached hydrogen (secondary N) is 1. The van der Waals surface area contributed by atoms with E-state index in [2.05, 4.69) is 4.98 Å². The van der Waals surface area contributed by atoms with Gasteiger partial charge in [0.1, 0.15) is 0 Å². The average Bonchev–Trinajstić information content (AvgIpc) is 2.26. The smallest absolute Gasteiger partial charge is 0.223 e. The first-order valence-electron chi connectivity index (χ1n) is 5.75. The molecular weight excluding hydrogens is 287 g/mol. The van der Waals surface area contributed by atoms with Crippen molar-refractivity contribution in [3.8, 4) is 0 Å². The molecule has 1 heterocycles. The van der Waals surface area contributed by atoms with Crippen molar-refractivity contribution in [3.05, 3.63) is 43.7 Å². The minimum atomic E-state index is -0.502. The summed E-state index contributed by atoms with van der Waals surface area (Å²) in [5.74, 6) is -0.502. The van der Waals surface area contributed by atoms with Gasteiger partial charge in [0.2, 0.25) is 5.91 Å². The van der Waals surface area contributed by atoms with Crippen molar-refractivity contribution in [1.29, 1.82) is 0 Å². The first-order chi connectivity index (χ1) is 8.93. The molecule has 1 amide bonds. The summed E-state index contributed by atoms with van der Waals surface area (Å²) >= 11 is 12.0. The third kappa shape index (κ3) is 2.60. The van der Waals surface area contributed by atoms with Crippen LogP contribution in [0, 0.1) is 0 Å². The van der Waals surface area contributed by atoms with Crippen LogP contribution >= 0.6 is 23.2 Å². The van der Waals surface area contributed by atoms with Crippen molar-refractivity contribution in [2.45, 2.75) is 19.8 Å². The van der Waals surface area contributed by atoms with Crippen molar-refractivity contribution in [2.75, 3.05) is 0 Å². The molecule has 0 fully saturated rings. The highest BCUT2D eigenvalue weighted by molar-refractivity contribution is 6.38. The Morgan fingerprint density at radius 3 is 2.63 bits per heavy atom. The molecule has 4 nitrogen and oxygen atoms in total. The lowest BCUT2D eigenvalue weighted by Gasteiger charge is -2.10. The van der Waals surface area contributed by atoms with Crippen LogP contribution in [-0.4, -0.2) is 10.9 Å². The predicted octanol–water partition coefficient (Wildman–Crippen LogP) is 2.43. The van der Waals surface area contributed by atoms with Gasteiger partial charge in [-0.25, -0.2) is 0 Å². The molecule has 0 aliphatic heterocycles. The third-order valence-electron chi connectivity index (χ3n) is 2.91. The third-order valence-corrected chi connectivity index (χ3v) is 3.43. The van der Waals surface area contributed by atoms with Gasteiger partial charge in [0, 0.05) is 16.3 Å². The number of pyridine rings is 1. The molecular formula is C13H12Cl2N2O2. The Labute approximate surface area is 119 Å². The summed E-state index contributed by atoms with van der Waals surface area (Å²) in [7, 11) is 0. The highest BCUT2D eigenvalue weighted by atomic mass is 35.5. The molecule has 0 saturated heterocycles. The second-order valence-corrected chi connectivity index (χ2v) is 5.06. The van der Waals surface area contributed by atoms with Gasteiger partial charge in [-0.15, -0.1) is 0 Å². The van der Waals surface area contributed by atoms with E-state index in [0.717, 1.165) is 0 Å². The van der Waals surface area contributed by atoms with Crippen molar-refractivity contribution >= 4 is 40.0 Å². The topological polar surface area (TPSA) is 76.0 Å². The van der Waals surface area contributed by atoms with Gasteiger partial charge in [-0.05, 0) is 18.6 Å². The van der Waals surface area contributed by atoms with E-state index in [9.17, 15) is 9.59 Å². The van der Waals surface area contributed by atoms with E-state index < -0.39 is 5.91 Å². The predicted molar refractivity (Wildman–Crippen MR) is 76.9 cm³/mol. The SMILES string of the molecule is CCc1c(CC(N)=O)[nH]c2cc(Cl)cc(Cl)c2c1=O. The number of nitrogens with two attached hydrogens (primary N) is 1. The van der Waals surface area contributed by atoms with E-state index in [1.165, 1.54) is 6.07 Å². The molecule has 2 aromatic rings. The molecule has 3 N–H and O–H groups in total. The summed E-state index contributed by atoms with van der Waals surface area (Å²) in [5.41, 5.74) is 6.56. The number of fused-ring (bicyclic) bond motifs is 1. The highest BCUT2D eigenvalue weighted by Gasteiger charge is 2.15. The number of halogens is 2. The maximum Gasteiger partial charge on any atom is 0.223 e. The van der Waals surface area contributed by atoms with Crippen LogP contribution in [0.3, 0.4) is 0 Å².